The fourth-order valence-electron chi connectivity index (χ4n) is 2.79. The molecular formula is C20H24Cl2N2O4. The third kappa shape index (κ3) is 5.91. The van der Waals surface area contributed by atoms with Crippen molar-refractivity contribution in [3.8, 4) is 11.5 Å². The van der Waals surface area contributed by atoms with E-state index in [0.29, 0.717) is 53.4 Å². The molecular weight excluding hydrogens is 403 g/mol. The summed E-state index contributed by atoms with van der Waals surface area (Å²) in [4.78, 5) is 16.9. The molecule has 0 aliphatic carbocycles. The van der Waals surface area contributed by atoms with E-state index < -0.39 is 5.97 Å². The summed E-state index contributed by atoms with van der Waals surface area (Å²) >= 11 is 12.3. The Morgan fingerprint density at radius 2 is 2.25 bits per heavy atom. The summed E-state index contributed by atoms with van der Waals surface area (Å²) in [6.07, 6.45) is 3.83. The molecule has 1 aliphatic heterocycles. The largest absolute Gasteiger partial charge is 0.489 e. The van der Waals surface area contributed by atoms with Crippen LogP contribution in [0.4, 0.5) is 5.69 Å². The lowest BCUT2D eigenvalue weighted by molar-refractivity contribution is -0.136. The van der Waals surface area contributed by atoms with Crippen LogP contribution < -0.4 is 14.4 Å². The molecule has 28 heavy (non-hydrogen) atoms. The van der Waals surface area contributed by atoms with E-state index in [2.05, 4.69) is 11.7 Å². The zero-order valence-corrected chi connectivity index (χ0v) is 17.5. The number of carbonyl (C=O) groups is 1. The van der Waals surface area contributed by atoms with Crippen molar-refractivity contribution in [2.24, 2.45) is 4.99 Å². The quantitative estimate of drug-likeness (QED) is 0.449. The first-order chi connectivity index (χ1) is 13.3. The highest BCUT2D eigenvalue weighted by Crippen LogP contribution is 2.41. The number of aliphatic carboxylic acids is 1. The van der Waals surface area contributed by atoms with Gasteiger partial charge in [-0.3, -0.25) is 9.79 Å². The predicted octanol–water partition coefficient (Wildman–Crippen LogP) is 4.90. The van der Waals surface area contributed by atoms with Crippen LogP contribution in [0.1, 0.15) is 26.7 Å². The molecule has 0 fully saturated rings. The molecule has 0 saturated carbocycles. The van der Waals surface area contributed by atoms with Crippen LogP contribution in [0.15, 0.2) is 40.0 Å². The number of aliphatic imine (C=N–C) groups is 1. The maximum absolute atomic E-state index is 10.9. The van der Waals surface area contributed by atoms with Gasteiger partial charge in [0.25, 0.3) is 0 Å². The standard InChI is InChI=1S/C20H24Cl2N2O4/c1-4-17(15(23-3)6-5-13(2)21)28-18-12-19-16(11-14(18)22)24(9-10-27-19)8-7-20(25)26/h5-6,11-12,17H,3-4,7-10H2,1-2H3,(H,25,26)/b13-5+,15-6-/t17-/m1/s1. The topological polar surface area (TPSA) is 71.4 Å². The lowest BCUT2D eigenvalue weighted by Crippen LogP contribution is -2.34. The highest BCUT2D eigenvalue weighted by molar-refractivity contribution is 6.32. The average Bonchev–Trinajstić information content (AvgIpc) is 2.65. The number of anilines is 1. The van der Waals surface area contributed by atoms with E-state index >= 15 is 0 Å². The van der Waals surface area contributed by atoms with E-state index in [4.69, 9.17) is 37.8 Å². The molecule has 2 rings (SSSR count). The maximum atomic E-state index is 10.9. The van der Waals surface area contributed by atoms with Gasteiger partial charge in [-0.25, -0.2) is 0 Å². The number of nitrogens with zero attached hydrogens (tertiary/aromatic N) is 2. The Balaban J connectivity index is 2.27. The molecule has 0 radical (unpaired) electrons. The van der Waals surface area contributed by atoms with Gasteiger partial charge in [-0.2, -0.15) is 0 Å². The molecule has 1 aromatic carbocycles. The fourth-order valence-corrected chi connectivity index (χ4v) is 3.06. The van der Waals surface area contributed by atoms with Gasteiger partial charge in [0.05, 0.1) is 29.4 Å². The fraction of sp³-hybridized carbons (Fsp3) is 0.400. The minimum absolute atomic E-state index is 0.0416. The molecule has 0 spiro atoms. The van der Waals surface area contributed by atoms with Gasteiger partial charge in [-0.05, 0) is 38.3 Å². The Hall–Kier alpha value is -2.18. The van der Waals surface area contributed by atoms with Gasteiger partial charge in [0.15, 0.2) is 0 Å². The van der Waals surface area contributed by atoms with E-state index in [9.17, 15) is 4.79 Å². The van der Waals surface area contributed by atoms with Gasteiger partial charge in [0.1, 0.15) is 24.2 Å². The van der Waals surface area contributed by atoms with Crippen LogP contribution in [-0.2, 0) is 4.79 Å². The van der Waals surface area contributed by atoms with E-state index in [1.54, 1.807) is 31.2 Å². The number of benzene rings is 1. The number of hydrogen-bond donors (Lipinski definition) is 1. The van der Waals surface area contributed by atoms with Crippen molar-refractivity contribution in [1.29, 1.82) is 0 Å². The zero-order valence-electron chi connectivity index (χ0n) is 16.0. The third-order valence-corrected chi connectivity index (χ3v) is 4.63. The molecule has 6 nitrogen and oxygen atoms in total. The molecule has 0 saturated heterocycles. The van der Waals surface area contributed by atoms with Crippen LogP contribution in [0.3, 0.4) is 0 Å². The Labute approximate surface area is 175 Å². The number of ether oxygens (including phenoxy) is 2. The summed E-state index contributed by atoms with van der Waals surface area (Å²) in [5, 5.41) is 9.97. The Morgan fingerprint density at radius 1 is 1.50 bits per heavy atom. The summed E-state index contributed by atoms with van der Waals surface area (Å²) < 4.78 is 11.8. The monoisotopic (exact) mass is 426 g/mol. The summed E-state index contributed by atoms with van der Waals surface area (Å²) in [5.41, 5.74) is 1.40. The van der Waals surface area contributed by atoms with E-state index in [0.717, 1.165) is 5.69 Å². The second kappa shape index (κ2) is 10.4. The summed E-state index contributed by atoms with van der Waals surface area (Å²) in [5.74, 6) is 0.232. The van der Waals surface area contributed by atoms with Crippen molar-refractivity contribution in [3.63, 3.8) is 0 Å². The maximum Gasteiger partial charge on any atom is 0.305 e. The van der Waals surface area contributed by atoms with Crippen LogP contribution in [0.25, 0.3) is 0 Å². The highest BCUT2D eigenvalue weighted by atomic mass is 35.5. The molecule has 0 unspecified atom stereocenters. The van der Waals surface area contributed by atoms with E-state index in [1.165, 1.54) is 0 Å². The van der Waals surface area contributed by atoms with Crippen molar-refractivity contribution in [2.45, 2.75) is 32.8 Å². The Morgan fingerprint density at radius 3 is 2.86 bits per heavy atom. The molecule has 152 valence electrons. The summed E-state index contributed by atoms with van der Waals surface area (Å²) in [6.45, 7) is 8.80. The summed E-state index contributed by atoms with van der Waals surface area (Å²) in [7, 11) is 0. The SMILES string of the molecule is C=N/C(=C\C=C(/C)Cl)[C@@H](CC)Oc1cc2c(cc1Cl)N(CCC(=O)O)CCO2. The Kier molecular flexibility index (Phi) is 8.20. The molecule has 1 aliphatic rings. The van der Waals surface area contributed by atoms with Gasteiger partial charge in [-0.1, -0.05) is 30.1 Å². The van der Waals surface area contributed by atoms with Crippen molar-refractivity contribution in [2.75, 3.05) is 24.6 Å². The number of fused-ring (bicyclic) bond motifs is 1. The lowest BCUT2D eigenvalue weighted by Gasteiger charge is -2.31. The molecule has 1 atom stereocenters. The number of carboxylic acids is 1. The number of rotatable bonds is 9. The first-order valence-electron chi connectivity index (χ1n) is 8.96. The molecule has 0 aromatic heterocycles. The van der Waals surface area contributed by atoms with Crippen LogP contribution in [0.2, 0.25) is 5.02 Å². The van der Waals surface area contributed by atoms with Gasteiger partial charge in [0, 0.05) is 17.6 Å². The average molecular weight is 427 g/mol. The molecule has 1 aromatic rings. The number of halogens is 2. The number of carboxylic acid groups (broad SMARTS) is 1. The second-order valence-corrected chi connectivity index (χ2v) is 7.25. The Bertz CT molecular complexity index is 789. The van der Waals surface area contributed by atoms with Crippen molar-refractivity contribution < 1.29 is 19.4 Å². The van der Waals surface area contributed by atoms with Gasteiger partial charge >= 0.3 is 5.97 Å². The molecule has 0 bridgehead atoms. The second-order valence-electron chi connectivity index (χ2n) is 6.25. The minimum Gasteiger partial charge on any atom is -0.489 e. The molecule has 0 amide bonds. The predicted molar refractivity (Wildman–Crippen MR) is 113 cm³/mol. The summed E-state index contributed by atoms with van der Waals surface area (Å²) in [6, 6.07) is 3.48. The molecule has 1 heterocycles. The van der Waals surface area contributed by atoms with Crippen molar-refractivity contribution in [3.05, 3.63) is 40.0 Å². The minimum atomic E-state index is -0.845. The normalized spacial score (nSPS) is 15.5. The number of hydrogen-bond acceptors (Lipinski definition) is 5. The van der Waals surface area contributed by atoms with Gasteiger partial charge in [-0.15, -0.1) is 0 Å². The highest BCUT2D eigenvalue weighted by Gasteiger charge is 2.23. The van der Waals surface area contributed by atoms with Crippen LogP contribution >= 0.6 is 23.2 Å². The molecule has 1 N–H and O–H groups in total. The van der Waals surface area contributed by atoms with Crippen molar-refractivity contribution in [1.82, 2.24) is 0 Å². The van der Waals surface area contributed by atoms with Crippen LogP contribution in [-0.4, -0.2) is 43.6 Å². The zero-order chi connectivity index (χ0) is 20.7. The first-order valence-corrected chi connectivity index (χ1v) is 9.71. The number of allylic oxidation sites excluding steroid dienone is 3. The first kappa shape index (κ1) is 22.1. The van der Waals surface area contributed by atoms with E-state index in [-0.39, 0.29) is 12.5 Å². The van der Waals surface area contributed by atoms with Gasteiger partial charge < -0.3 is 19.5 Å². The smallest absolute Gasteiger partial charge is 0.305 e. The van der Waals surface area contributed by atoms with Gasteiger partial charge in [0.2, 0.25) is 0 Å². The van der Waals surface area contributed by atoms with E-state index in [1.807, 2.05) is 11.8 Å². The lowest BCUT2D eigenvalue weighted by atomic mass is 10.1. The molecule has 8 heteroatoms. The third-order valence-electron chi connectivity index (χ3n) is 4.20. The van der Waals surface area contributed by atoms with Crippen LogP contribution in [0.5, 0.6) is 11.5 Å². The van der Waals surface area contributed by atoms with Crippen LogP contribution in [0, 0.1) is 0 Å². The van der Waals surface area contributed by atoms with Crippen molar-refractivity contribution >= 4 is 41.6 Å².